The summed E-state index contributed by atoms with van der Waals surface area (Å²) in [5, 5.41) is 43.2. The van der Waals surface area contributed by atoms with Gasteiger partial charge in [0, 0.05) is 41.5 Å². The zero-order valence-electron chi connectivity index (χ0n) is 21.9. The lowest BCUT2D eigenvalue weighted by molar-refractivity contribution is -0.211. The molecular weight excluding hydrogens is 606 g/mol. The van der Waals surface area contributed by atoms with Crippen molar-refractivity contribution in [2.75, 3.05) is 31.7 Å². The van der Waals surface area contributed by atoms with Gasteiger partial charge in [0.05, 0.1) is 24.9 Å². The average Bonchev–Trinajstić information content (AvgIpc) is 3.60. The number of β-amino-alcohol motifs (C(OH)–C–C–N with tert-alkyl or cyclic N) is 1. The van der Waals surface area contributed by atoms with Gasteiger partial charge in [0.15, 0.2) is 23.6 Å². The van der Waals surface area contributed by atoms with Crippen LogP contribution in [0.4, 0.5) is 18.9 Å². The van der Waals surface area contributed by atoms with Crippen LogP contribution in [0.1, 0.15) is 6.04 Å². The number of aromatic nitrogens is 3. The Kier molecular flexibility index (Phi) is 9.06. The number of methoxy groups -OCH3 is 1. The van der Waals surface area contributed by atoms with E-state index in [1.165, 1.54) is 36.4 Å². The Bertz CT molecular complexity index is 1420. The third kappa shape index (κ3) is 5.73. The van der Waals surface area contributed by atoms with Crippen molar-refractivity contribution in [2.24, 2.45) is 0 Å². The lowest BCUT2D eigenvalue weighted by atomic mass is 9.91. The number of halogens is 5. The highest BCUT2D eigenvalue weighted by Gasteiger charge is 2.52. The van der Waals surface area contributed by atoms with Gasteiger partial charge in [0.2, 0.25) is 0 Å². The molecule has 1 amide bonds. The van der Waals surface area contributed by atoms with Crippen molar-refractivity contribution >= 4 is 34.8 Å². The Morgan fingerprint density at radius 1 is 1.14 bits per heavy atom. The largest absolute Gasteiger partial charge is 0.394 e. The molecule has 0 aliphatic carbocycles. The Labute approximate surface area is 247 Å². The first-order valence-corrected chi connectivity index (χ1v) is 13.5. The molecule has 0 radical (unpaired) electrons. The summed E-state index contributed by atoms with van der Waals surface area (Å²) in [6, 6.07) is 3.94. The summed E-state index contributed by atoms with van der Waals surface area (Å²) in [6.07, 6.45) is -5.27. The fourth-order valence-corrected chi connectivity index (χ4v) is 5.84. The number of aliphatic hydroxyl groups excluding tert-OH is 3. The van der Waals surface area contributed by atoms with E-state index in [1.54, 1.807) is 0 Å². The van der Waals surface area contributed by atoms with Crippen LogP contribution in [-0.4, -0.2) is 99.6 Å². The first kappa shape index (κ1) is 30.6. The smallest absolute Gasteiger partial charge is 0.259 e. The SMILES string of the molecule is COC1C(C(=O)N(c2cc(Cl)cc(Cl)c2)[C@@H]2CNC[C@H]2O)OC(CO)C(O)C1n1cc(-c2cc(F)c(F)c(F)c2)nn1. The lowest BCUT2D eigenvalue weighted by Crippen LogP contribution is -2.63. The highest BCUT2D eigenvalue weighted by molar-refractivity contribution is 6.35. The highest BCUT2D eigenvalue weighted by atomic mass is 35.5. The first-order chi connectivity index (χ1) is 20.0. The number of carbonyl (C=O) groups excluding carboxylic acids is 1. The normalized spacial score (nSPS) is 27.8. The molecule has 0 bridgehead atoms. The van der Waals surface area contributed by atoms with Gasteiger partial charge in [-0.15, -0.1) is 5.10 Å². The second-order valence-corrected chi connectivity index (χ2v) is 10.8. The highest BCUT2D eigenvalue weighted by Crippen LogP contribution is 2.36. The molecule has 2 aromatic carbocycles. The standard InChI is InChI=1S/C26H26Cl2F3N5O6/c1-41-24-22(35-9-17(33-34-35)11-2-15(29)21(31)16(30)3-11)23(39)20(10-37)42-25(24)26(40)36(18-7-32-8-19(18)38)14-5-12(27)4-13(28)6-14/h2-6,9,18-20,22-25,32,37-39H,7-8,10H2,1H3/t18-,19-,20?,22?,23?,24?,25?/m1/s1. The number of nitrogens with one attached hydrogen (secondary N) is 1. The average molecular weight is 632 g/mol. The summed E-state index contributed by atoms with van der Waals surface area (Å²) in [6.45, 7) is -0.284. The van der Waals surface area contributed by atoms with Gasteiger partial charge >= 0.3 is 0 Å². The minimum absolute atomic E-state index is 0.0693. The number of anilines is 1. The van der Waals surface area contributed by atoms with E-state index in [-0.39, 0.29) is 40.1 Å². The molecule has 0 spiro atoms. The molecule has 2 aliphatic heterocycles. The van der Waals surface area contributed by atoms with Crippen molar-refractivity contribution in [2.45, 2.75) is 42.6 Å². The molecule has 226 valence electrons. The van der Waals surface area contributed by atoms with Crippen LogP contribution in [0.2, 0.25) is 10.0 Å². The van der Waals surface area contributed by atoms with Crippen LogP contribution < -0.4 is 10.2 Å². The summed E-state index contributed by atoms with van der Waals surface area (Å²) in [5.41, 5.74) is 0.0571. The Morgan fingerprint density at radius 3 is 2.38 bits per heavy atom. The van der Waals surface area contributed by atoms with Crippen LogP contribution in [0.5, 0.6) is 0 Å². The molecule has 2 saturated heterocycles. The van der Waals surface area contributed by atoms with E-state index in [1.807, 2.05) is 0 Å². The molecule has 3 heterocycles. The van der Waals surface area contributed by atoms with E-state index in [4.69, 9.17) is 32.7 Å². The summed E-state index contributed by atoms with van der Waals surface area (Å²) >= 11 is 12.4. The van der Waals surface area contributed by atoms with Gasteiger partial charge in [-0.05, 0) is 30.3 Å². The number of rotatable bonds is 7. The van der Waals surface area contributed by atoms with Crippen LogP contribution in [0.3, 0.4) is 0 Å². The van der Waals surface area contributed by atoms with Crippen molar-refractivity contribution in [1.82, 2.24) is 20.3 Å². The maximum Gasteiger partial charge on any atom is 0.259 e. The predicted molar refractivity (Wildman–Crippen MR) is 144 cm³/mol. The number of carbonyl (C=O) groups is 1. The zero-order chi connectivity index (χ0) is 30.3. The van der Waals surface area contributed by atoms with E-state index in [0.29, 0.717) is 0 Å². The van der Waals surface area contributed by atoms with Crippen molar-refractivity contribution < 1.29 is 42.8 Å². The van der Waals surface area contributed by atoms with Gasteiger partial charge in [0.25, 0.3) is 5.91 Å². The van der Waals surface area contributed by atoms with Gasteiger partial charge < -0.3 is 35.0 Å². The molecule has 1 aromatic heterocycles. The van der Waals surface area contributed by atoms with Crippen LogP contribution in [0.25, 0.3) is 11.3 Å². The van der Waals surface area contributed by atoms with Crippen LogP contribution in [-0.2, 0) is 14.3 Å². The molecule has 5 rings (SSSR count). The van der Waals surface area contributed by atoms with Crippen LogP contribution in [0, 0.1) is 17.5 Å². The number of ether oxygens (including phenoxy) is 2. The summed E-state index contributed by atoms with van der Waals surface area (Å²) in [7, 11) is 1.27. The maximum absolute atomic E-state index is 14.3. The minimum Gasteiger partial charge on any atom is -0.394 e. The lowest BCUT2D eigenvalue weighted by Gasteiger charge is -2.45. The predicted octanol–water partition coefficient (Wildman–Crippen LogP) is 1.71. The Balaban J connectivity index is 1.54. The molecule has 2 aliphatic rings. The maximum atomic E-state index is 14.3. The fourth-order valence-electron chi connectivity index (χ4n) is 5.33. The molecule has 42 heavy (non-hydrogen) atoms. The van der Waals surface area contributed by atoms with E-state index < -0.39 is 72.6 Å². The second-order valence-electron chi connectivity index (χ2n) is 9.93. The van der Waals surface area contributed by atoms with E-state index >= 15 is 0 Å². The molecule has 3 aromatic rings. The molecule has 0 saturated carbocycles. The number of amides is 1. The minimum atomic E-state index is -1.65. The van der Waals surface area contributed by atoms with Crippen LogP contribution in [0.15, 0.2) is 36.5 Å². The molecule has 4 N–H and O–H groups in total. The Morgan fingerprint density at radius 2 is 1.81 bits per heavy atom. The third-order valence-electron chi connectivity index (χ3n) is 7.32. The van der Waals surface area contributed by atoms with Gasteiger partial charge in [-0.25, -0.2) is 17.9 Å². The number of nitrogens with zero attached hydrogens (tertiary/aromatic N) is 4. The molecular formula is C26H26Cl2F3N5O6. The first-order valence-electron chi connectivity index (χ1n) is 12.8. The number of benzene rings is 2. The fraction of sp³-hybridized carbons (Fsp3) is 0.423. The zero-order valence-corrected chi connectivity index (χ0v) is 23.4. The Hall–Kier alpha value is -2.82. The third-order valence-corrected chi connectivity index (χ3v) is 7.76. The monoisotopic (exact) mass is 631 g/mol. The van der Waals surface area contributed by atoms with E-state index in [9.17, 15) is 33.3 Å². The van der Waals surface area contributed by atoms with Crippen molar-refractivity contribution in [3.05, 3.63) is 64.0 Å². The number of aliphatic hydroxyl groups is 3. The molecule has 2 fully saturated rings. The molecule has 7 atom stereocenters. The van der Waals surface area contributed by atoms with E-state index in [2.05, 4.69) is 15.6 Å². The second kappa shape index (κ2) is 12.4. The molecule has 16 heteroatoms. The summed E-state index contributed by atoms with van der Waals surface area (Å²) in [4.78, 5) is 15.5. The molecule has 11 nitrogen and oxygen atoms in total. The van der Waals surface area contributed by atoms with Gasteiger partial charge in [-0.1, -0.05) is 28.4 Å². The van der Waals surface area contributed by atoms with Gasteiger partial charge in [-0.2, -0.15) is 0 Å². The van der Waals surface area contributed by atoms with E-state index in [0.717, 1.165) is 16.8 Å². The number of hydrogen-bond acceptors (Lipinski definition) is 9. The molecule has 5 unspecified atom stereocenters. The quantitative estimate of drug-likeness (QED) is 0.287. The topological polar surface area (TPSA) is 142 Å². The van der Waals surface area contributed by atoms with Gasteiger partial charge in [0.1, 0.15) is 30.0 Å². The van der Waals surface area contributed by atoms with Crippen LogP contribution >= 0.6 is 23.2 Å². The van der Waals surface area contributed by atoms with Crippen molar-refractivity contribution in [3.8, 4) is 11.3 Å². The van der Waals surface area contributed by atoms with Crippen molar-refractivity contribution in [1.29, 1.82) is 0 Å². The summed E-state index contributed by atoms with van der Waals surface area (Å²) < 4.78 is 53.9. The van der Waals surface area contributed by atoms with Gasteiger partial charge in [-0.3, -0.25) is 4.79 Å². The van der Waals surface area contributed by atoms with Crippen molar-refractivity contribution in [3.63, 3.8) is 0 Å². The summed E-state index contributed by atoms with van der Waals surface area (Å²) in [5.74, 6) is -5.22. The number of hydrogen-bond donors (Lipinski definition) is 4.